The van der Waals surface area contributed by atoms with Crippen molar-refractivity contribution in [3.63, 3.8) is 0 Å². The zero-order chi connectivity index (χ0) is 17.2. The Bertz CT molecular complexity index is 1050. The number of aromatic nitrogens is 5. The molecule has 0 aliphatic heterocycles. The number of nitrogens with one attached hydrogen (secondary N) is 3. The third-order valence-corrected chi connectivity index (χ3v) is 3.81. The first-order valence-corrected chi connectivity index (χ1v) is 7.53. The fraction of sp³-hybridized carbons (Fsp3) is 0. The topological polar surface area (TPSA) is 129 Å². The predicted octanol–water partition coefficient (Wildman–Crippen LogP) is 2.74. The highest BCUT2D eigenvalue weighted by molar-refractivity contribution is 5.99. The molecule has 0 spiro atoms. The summed E-state index contributed by atoms with van der Waals surface area (Å²) >= 11 is 0. The minimum atomic E-state index is 0.549. The van der Waals surface area contributed by atoms with Crippen LogP contribution in [0.1, 0.15) is 5.56 Å². The molecule has 0 amide bonds. The van der Waals surface area contributed by atoms with Crippen LogP contribution in [0.15, 0.2) is 49.1 Å². The van der Waals surface area contributed by atoms with E-state index in [-0.39, 0.29) is 0 Å². The number of hydrogen-bond acceptors (Lipinski definition) is 7. The summed E-state index contributed by atoms with van der Waals surface area (Å²) in [5.41, 5.74) is 10.0. The molecule has 0 fully saturated rings. The highest BCUT2D eigenvalue weighted by Crippen LogP contribution is 2.31. The zero-order valence-electron chi connectivity index (χ0n) is 13.1. The monoisotopic (exact) mass is 330 g/mol. The number of anilines is 3. The van der Waals surface area contributed by atoms with E-state index in [1.807, 2.05) is 18.2 Å². The fourth-order valence-corrected chi connectivity index (χ4v) is 2.58. The van der Waals surface area contributed by atoms with Gasteiger partial charge in [-0.2, -0.15) is 5.10 Å². The van der Waals surface area contributed by atoms with E-state index in [4.69, 9.17) is 11.1 Å². The molecule has 3 heterocycles. The summed E-state index contributed by atoms with van der Waals surface area (Å²) in [6.07, 6.45) is 6.13. The number of aromatic amines is 1. The molecule has 0 radical (unpaired) electrons. The maximum Gasteiger partial charge on any atom is 0.186 e. The van der Waals surface area contributed by atoms with Crippen LogP contribution < -0.4 is 11.1 Å². The second-order valence-corrected chi connectivity index (χ2v) is 5.37. The van der Waals surface area contributed by atoms with Gasteiger partial charge >= 0.3 is 0 Å². The molecule has 1 aromatic carbocycles. The van der Waals surface area contributed by atoms with Crippen molar-refractivity contribution in [2.24, 2.45) is 0 Å². The number of pyridine rings is 1. The second-order valence-electron chi connectivity index (χ2n) is 5.37. The number of rotatable bonds is 4. The Morgan fingerprint density at radius 2 is 2.12 bits per heavy atom. The summed E-state index contributed by atoms with van der Waals surface area (Å²) in [6, 6.07) is 9.17. The van der Waals surface area contributed by atoms with Gasteiger partial charge in [-0.1, -0.05) is 0 Å². The molecule has 8 heteroatoms. The van der Waals surface area contributed by atoms with E-state index >= 15 is 0 Å². The number of fused-ring (bicyclic) bond motifs is 1. The first kappa shape index (κ1) is 14.8. The van der Waals surface area contributed by atoms with Crippen LogP contribution in [0, 0.1) is 5.41 Å². The molecule has 8 nitrogen and oxygen atoms in total. The van der Waals surface area contributed by atoms with Gasteiger partial charge in [-0.05, 0) is 30.3 Å². The summed E-state index contributed by atoms with van der Waals surface area (Å²) in [6.45, 7) is 0. The third-order valence-electron chi connectivity index (χ3n) is 3.81. The minimum Gasteiger partial charge on any atom is -0.398 e. The van der Waals surface area contributed by atoms with Gasteiger partial charge in [0.2, 0.25) is 0 Å². The molecular formula is C17H14N8. The third kappa shape index (κ3) is 2.65. The SMILES string of the molecule is N=Cc1cc(Nc2ncnc3n[nH]c(-c4cccnc4)c23)ccc1N. The number of nitrogens with zero attached hydrogens (tertiary/aromatic N) is 4. The molecule has 0 aliphatic rings. The smallest absolute Gasteiger partial charge is 0.186 e. The van der Waals surface area contributed by atoms with Crippen LogP contribution in [0.3, 0.4) is 0 Å². The van der Waals surface area contributed by atoms with E-state index in [1.54, 1.807) is 24.5 Å². The van der Waals surface area contributed by atoms with Crippen LogP contribution in [0.25, 0.3) is 22.3 Å². The van der Waals surface area contributed by atoms with Crippen molar-refractivity contribution >= 4 is 34.4 Å². The molecule has 0 saturated carbocycles. The van der Waals surface area contributed by atoms with Crippen LogP contribution in [0.2, 0.25) is 0 Å². The highest BCUT2D eigenvalue weighted by atomic mass is 15.2. The van der Waals surface area contributed by atoms with E-state index < -0.39 is 0 Å². The lowest BCUT2D eigenvalue weighted by Crippen LogP contribution is -1.99. The Kier molecular flexibility index (Phi) is 3.55. The van der Waals surface area contributed by atoms with Crippen molar-refractivity contribution < 1.29 is 0 Å². The lowest BCUT2D eigenvalue weighted by atomic mass is 10.1. The lowest BCUT2D eigenvalue weighted by Gasteiger charge is -2.09. The van der Waals surface area contributed by atoms with Crippen molar-refractivity contribution in [3.05, 3.63) is 54.6 Å². The molecule has 0 saturated heterocycles. The zero-order valence-corrected chi connectivity index (χ0v) is 13.1. The van der Waals surface area contributed by atoms with Crippen molar-refractivity contribution in [2.45, 2.75) is 0 Å². The van der Waals surface area contributed by atoms with Crippen molar-refractivity contribution in [1.29, 1.82) is 5.41 Å². The van der Waals surface area contributed by atoms with Crippen LogP contribution >= 0.6 is 0 Å². The lowest BCUT2D eigenvalue weighted by molar-refractivity contribution is 1.09. The number of nitrogen functional groups attached to an aromatic ring is 1. The van der Waals surface area contributed by atoms with E-state index in [0.717, 1.165) is 22.3 Å². The highest BCUT2D eigenvalue weighted by Gasteiger charge is 2.14. The number of benzene rings is 1. The van der Waals surface area contributed by atoms with Crippen LogP contribution in [0.5, 0.6) is 0 Å². The summed E-state index contributed by atoms with van der Waals surface area (Å²) in [7, 11) is 0. The van der Waals surface area contributed by atoms with E-state index in [2.05, 4.69) is 30.5 Å². The van der Waals surface area contributed by atoms with Crippen molar-refractivity contribution in [1.82, 2.24) is 25.1 Å². The van der Waals surface area contributed by atoms with Gasteiger partial charge in [-0.25, -0.2) is 9.97 Å². The van der Waals surface area contributed by atoms with Gasteiger partial charge in [0.1, 0.15) is 12.1 Å². The maximum absolute atomic E-state index is 7.43. The number of hydrogen-bond donors (Lipinski definition) is 4. The number of nitrogens with two attached hydrogens (primary N) is 1. The van der Waals surface area contributed by atoms with Crippen LogP contribution in [0.4, 0.5) is 17.2 Å². The van der Waals surface area contributed by atoms with E-state index in [9.17, 15) is 0 Å². The molecule has 25 heavy (non-hydrogen) atoms. The summed E-state index contributed by atoms with van der Waals surface area (Å²) in [5.74, 6) is 0.610. The van der Waals surface area contributed by atoms with E-state index in [1.165, 1.54) is 12.5 Å². The molecule has 0 atom stereocenters. The maximum atomic E-state index is 7.43. The molecule has 0 unspecified atom stereocenters. The molecule has 0 bridgehead atoms. The predicted molar refractivity (Wildman–Crippen MR) is 96.9 cm³/mol. The van der Waals surface area contributed by atoms with Crippen molar-refractivity contribution in [3.8, 4) is 11.3 Å². The first-order chi connectivity index (χ1) is 12.3. The molecule has 4 aromatic rings. The summed E-state index contributed by atoms with van der Waals surface area (Å²) < 4.78 is 0. The molecule has 4 rings (SSSR count). The first-order valence-electron chi connectivity index (χ1n) is 7.53. The van der Waals surface area contributed by atoms with Crippen LogP contribution in [-0.4, -0.2) is 31.4 Å². The fourth-order valence-electron chi connectivity index (χ4n) is 2.58. The molecule has 122 valence electrons. The minimum absolute atomic E-state index is 0.549. The standard InChI is InChI=1S/C17H14N8/c18-7-11-6-12(3-4-13(11)19)23-16-14-15(10-2-1-5-20-8-10)24-25-17(14)22-9-21-16/h1-9,18H,19H2,(H2,21,22,23,24,25). The van der Waals surface area contributed by atoms with E-state index in [0.29, 0.717) is 22.7 Å². The number of H-pyrrole nitrogens is 1. The molecule has 3 aromatic heterocycles. The van der Waals surface area contributed by atoms with Gasteiger partial charge in [0.05, 0.1) is 11.1 Å². The molecular weight excluding hydrogens is 316 g/mol. The Hall–Kier alpha value is -3.81. The summed E-state index contributed by atoms with van der Waals surface area (Å²) in [5, 5.41) is 18.7. The Morgan fingerprint density at radius 1 is 1.20 bits per heavy atom. The van der Waals surface area contributed by atoms with Gasteiger partial charge in [0, 0.05) is 41.1 Å². The second kappa shape index (κ2) is 6.00. The average Bonchev–Trinajstić information content (AvgIpc) is 3.09. The largest absolute Gasteiger partial charge is 0.398 e. The van der Waals surface area contributed by atoms with Gasteiger partial charge in [-0.3, -0.25) is 10.1 Å². The summed E-state index contributed by atoms with van der Waals surface area (Å²) in [4.78, 5) is 12.7. The Labute approximate surface area is 142 Å². The normalized spacial score (nSPS) is 10.7. The van der Waals surface area contributed by atoms with Crippen molar-refractivity contribution in [2.75, 3.05) is 11.1 Å². The molecule has 0 aliphatic carbocycles. The van der Waals surface area contributed by atoms with Gasteiger partial charge in [0.15, 0.2) is 5.65 Å². The van der Waals surface area contributed by atoms with Crippen LogP contribution in [-0.2, 0) is 0 Å². The van der Waals surface area contributed by atoms with Gasteiger partial charge < -0.3 is 16.5 Å². The Balaban J connectivity index is 1.82. The van der Waals surface area contributed by atoms with Gasteiger partial charge in [-0.15, -0.1) is 0 Å². The van der Waals surface area contributed by atoms with Gasteiger partial charge in [0.25, 0.3) is 0 Å². The quantitative estimate of drug-likeness (QED) is 0.336. The Morgan fingerprint density at radius 3 is 2.92 bits per heavy atom. The molecule has 5 N–H and O–H groups in total. The average molecular weight is 330 g/mol.